The highest BCUT2D eigenvalue weighted by molar-refractivity contribution is 5.97. The summed E-state index contributed by atoms with van der Waals surface area (Å²) in [4.78, 5) is 20.7. The summed E-state index contributed by atoms with van der Waals surface area (Å²) >= 11 is 0. The molecule has 1 aromatic carbocycles. The number of aliphatic imine (C=N–C) groups is 1. The molecule has 1 N–H and O–H groups in total. The van der Waals surface area contributed by atoms with Crippen molar-refractivity contribution >= 4 is 28.8 Å². The topological polar surface area (TPSA) is 57.6 Å². The second-order valence-electron chi connectivity index (χ2n) is 6.19. The summed E-state index contributed by atoms with van der Waals surface area (Å²) in [5.41, 5.74) is -3.72. The van der Waals surface area contributed by atoms with E-state index in [9.17, 15) is 31.1 Å². The molecule has 1 atom stereocenters. The number of aromatic nitrogens is 1. The standard InChI is InChI=1S/C17H16F6N4O/c1-9(15(28)25-8-27(2)3)26-13-4-5-24-14-11(13)6-10(16(18,19)20)7-12(14)17(21,22)23/h4-9H,1-3H3,(H,24,26)/b25-8+/t9-/m0/s1. The van der Waals surface area contributed by atoms with Gasteiger partial charge in [-0.25, -0.2) is 4.99 Å². The molecule has 0 aliphatic rings. The number of pyridine rings is 1. The minimum absolute atomic E-state index is 0.0229. The van der Waals surface area contributed by atoms with Crippen LogP contribution >= 0.6 is 0 Å². The summed E-state index contributed by atoms with van der Waals surface area (Å²) in [6.45, 7) is 1.39. The van der Waals surface area contributed by atoms with Gasteiger partial charge in [0.15, 0.2) is 0 Å². The van der Waals surface area contributed by atoms with Gasteiger partial charge in [0.2, 0.25) is 0 Å². The van der Waals surface area contributed by atoms with E-state index in [1.807, 2.05) is 0 Å². The lowest BCUT2D eigenvalue weighted by molar-refractivity contribution is -0.142. The summed E-state index contributed by atoms with van der Waals surface area (Å²) in [5.74, 6) is -0.651. The maximum Gasteiger partial charge on any atom is 0.418 e. The van der Waals surface area contributed by atoms with Gasteiger partial charge in [-0.05, 0) is 25.1 Å². The molecule has 0 saturated carbocycles. The largest absolute Gasteiger partial charge is 0.418 e. The Morgan fingerprint density at radius 3 is 2.36 bits per heavy atom. The number of nitrogens with one attached hydrogen (secondary N) is 1. The molecule has 2 aromatic rings. The Balaban J connectivity index is 2.57. The van der Waals surface area contributed by atoms with Crippen LogP contribution in [0.25, 0.3) is 10.9 Å². The van der Waals surface area contributed by atoms with Crippen LogP contribution in [0.2, 0.25) is 0 Å². The van der Waals surface area contributed by atoms with Crippen molar-refractivity contribution < 1.29 is 31.1 Å². The van der Waals surface area contributed by atoms with Crippen LogP contribution in [0.3, 0.4) is 0 Å². The Kier molecular flexibility index (Phi) is 5.86. The van der Waals surface area contributed by atoms with Gasteiger partial charge in [-0.3, -0.25) is 9.78 Å². The first kappa shape index (κ1) is 21.5. The highest BCUT2D eigenvalue weighted by atomic mass is 19.4. The number of carbonyl (C=O) groups excluding carboxylic acids is 1. The van der Waals surface area contributed by atoms with Gasteiger partial charge in [0, 0.05) is 31.4 Å². The van der Waals surface area contributed by atoms with Gasteiger partial charge in [0.1, 0.15) is 6.04 Å². The zero-order chi connectivity index (χ0) is 21.3. The van der Waals surface area contributed by atoms with E-state index in [1.165, 1.54) is 24.2 Å². The molecule has 1 aromatic heterocycles. The molecule has 28 heavy (non-hydrogen) atoms. The van der Waals surface area contributed by atoms with Gasteiger partial charge in [-0.1, -0.05) is 0 Å². The Labute approximate surface area is 156 Å². The molecule has 1 heterocycles. The highest BCUT2D eigenvalue weighted by Crippen LogP contribution is 2.41. The number of amides is 1. The second-order valence-corrected chi connectivity index (χ2v) is 6.19. The second kappa shape index (κ2) is 7.64. The maximum absolute atomic E-state index is 13.3. The molecule has 1 amide bonds. The number of hydrogen-bond acceptors (Lipinski definition) is 3. The molecule has 0 bridgehead atoms. The van der Waals surface area contributed by atoms with Crippen LogP contribution in [0.1, 0.15) is 18.1 Å². The summed E-state index contributed by atoms with van der Waals surface area (Å²) in [7, 11) is 3.26. The number of alkyl halides is 6. The number of anilines is 1. The number of halogens is 6. The third-order valence-electron chi connectivity index (χ3n) is 3.64. The van der Waals surface area contributed by atoms with E-state index >= 15 is 0 Å². The average Bonchev–Trinajstić information content (AvgIpc) is 2.57. The first-order chi connectivity index (χ1) is 12.8. The summed E-state index contributed by atoms with van der Waals surface area (Å²) in [6, 6.07) is 0.794. The van der Waals surface area contributed by atoms with E-state index in [0.29, 0.717) is 6.07 Å². The number of carbonyl (C=O) groups is 1. The van der Waals surface area contributed by atoms with Crippen molar-refractivity contribution in [3.05, 3.63) is 35.5 Å². The van der Waals surface area contributed by atoms with E-state index in [-0.39, 0.29) is 11.8 Å². The minimum Gasteiger partial charge on any atom is -0.373 e. The minimum atomic E-state index is -5.04. The molecular formula is C17H16F6N4O. The van der Waals surface area contributed by atoms with Crippen molar-refractivity contribution in [1.82, 2.24) is 9.88 Å². The third kappa shape index (κ3) is 4.90. The molecule has 11 heteroatoms. The van der Waals surface area contributed by atoms with E-state index in [0.717, 1.165) is 6.20 Å². The van der Waals surface area contributed by atoms with Crippen molar-refractivity contribution in [3.8, 4) is 0 Å². The molecule has 2 rings (SSSR count). The first-order valence-corrected chi connectivity index (χ1v) is 7.89. The fourth-order valence-electron chi connectivity index (χ4n) is 2.34. The van der Waals surface area contributed by atoms with E-state index < -0.39 is 46.3 Å². The molecule has 0 saturated heterocycles. The molecule has 0 radical (unpaired) electrons. The van der Waals surface area contributed by atoms with Crippen LogP contribution in [-0.4, -0.2) is 42.3 Å². The summed E-state index contributed by atoms with van der Waals surface area (Å²) in [5, 5.41) is 2.21. The van der Waals surface area contributed by atoms with Crippen LogP contribution in [0.4, 0.5) is 32.0 Å². The van der Waals surface area contributed by atoms with Crippen molar-refractivity contribution in [2.45, 2.75) is 25.3 Å². The Hall–Kier alpha value is -2.85. The quantitative estimate of drug-likeness (QED) is 0.470. The van der Waals surface area contributed by atoms with Gasteiger partial charge in [-0.15, -0.1) is 0 Å². The predicted molar refractivity (Wildman–Crippen MR) is 92.0 cm³/mol. The molecule has 5 nitrogen and oxygen atoms in total. The Morgan fingerprint density at radius 1 is 1.18 bits per heavy atom. The maximum atomic E-state index is 13.3. The van der Waals surface area contributed by atoms with E-state index in [4.69, 9.17) is 0 Å². The van der Waals surface area contributed by atoms with Gasteiger partial charge in [-0.2, -0.15) is 26.3 Å². The van der Waals surface area contributed by atoms with E-state index in [2.05, 4.69) is 15.3 Å². The number of benzene rings is 1. The fourth-order valence-corrected chi connectivity index (χ4v) is 2.34. The van der Waals surface area contributed by atoms with Crippen molar-refractivity contribution in [2.24, 2.45) is 4.99 Å². The zero-order valence-corrected chi connectivity index (χ0v) is 15.0. The zero-order valence-electron chi connectivity index (χ0n) is 15.0. The normalized spacial score (nSPS) is 13.8. The number of rotatable bonds is 4. The molecule has 152 valence electrons. The summed E-state index contributed by atoms with van der Waals surface area (Å²) < 4.78 is 79.1. The van der Waals surface area contributed by atoms with Crippen LogP contribution in [0.5, 0.6) is 0 Å². The van der Waals surface area contributed by atoms with Crippen LogP contribution in [0, 0.1) is 0 Å². The number of nitrogens with zero attached hydrogens (tertiary/aromatic N) is 3. The number of fused-ring (bicyclic) bond motifs is 1. The lowest BCUT2D eigenvalue weighted by Gasteiger charge is -2.18. The lowest BCUT2D eigenvalue weighted by atomic mass is 10.0. The lowest BCUT2D eigenvalue weighted by Crippen LogP contribution is -2.26. The molecular weight excluding hydrogens is 390 g/mol. The highest BCUT2D eigenvalue weighted by Gasteiger charge is 2.39. The van der Waals surface area contributed by atoms with Gasteiger partial charge in [0.25, 0.3) is 5.91 Å². The molecule has 0 unspecified atom stereocenters. The van der Waals surface area contributed by atoms with Crippen molar-refractivity contribution in [1.29, 1.82) is 0 Å². The Bertz CT molecular complexity index is 905. The Morgan fingerprint density at radius 2 is 1.82 bits per heavy atom. The van der Waals surface area contributed by atoms with Crippen LogP contribution in [-0.2, 0) is 17.1 Å². The monoisotopic (exact) mass is 406 g/mol. The SMILES string of the molecule is C[C@H](Nc1ccnc2c(C(F)(F)F)cc(C(F)(F)F)cc12)C(=O)/N=C/N(C)C. The molecule has 0 fully saturated rings. The first-order valence-electron chi connectivity index (χ1n) is 7.89. The molecule has 0 spiro atoms. The van der Waals surface area contributed by atoms with Crippen LogP contribution in [0.15, 0.2) is 29.4 Å². The van der Waals surface area contributed by atoms with Gasteiger partial charge in [0.05, 0.1) is 23.0 Å². The van der Waals surface area contributed by atoms with Crippen molar-refractivity contribution in [3.63, 3.8) is 0 Å². The molecule has 0 aliphatic heterocycles. The number of hydrogen-bond donors (Lipinski definition) is 1. The molecule has 0 aliphatic carbocycles. The van der Waals surface area contributed by atoms with Crippen molar-refractivity contribution in [2.75, 3.05) is 19.4 Å². The smallest absolute Gasteiger partial charge is 0.373 e. The van der Waals surface area contributed by atoms with E-state index in [1.54, 1.807) is 14.1 Å². The third-order valence-corrected chi connectivity index (χ3v) is 3.64. The fraction of sp³-hybridized carbons (Fsp3) is 0.353. The van der Waals surface area contributed by atoms with Crippen LogP contribution < -0.4 is 5.32 Å². The average molecular weight is 406 g/mol. The summed E-state index contributed by atoms with van der Waals surface area (Å²) in [6.07, 6.45) is -7.77. The van der Waals surface area contributed by atoms with Gasteiger partial charge >= 0.3 is 12.4 Å². The predicted octanol–water partition coefficient (Wildman–Crippen LogP) is 4.19. The van der Waals surface area contributed by atoms with Gasteiger partial charge < -0.3 is 10.2 Å².